The van der Waals surface area contributed by atoms with Crippen molar-refractivity contribution in [3.8, 4) is 0 Å². The molecule has 0 unspecified atom stereocenters. The number of pyridine rings is 1. The van der Waals surface area contributed by atoms with Gasteiger partial charge in [-0.25, -0.2) is 4.98 Å². The summed E-state index contributed by atoms with van der Waals surface area (Å²) in [5.41, 5.74) is 2.52. The quantitative estimate of drug-likeness (QED) is 0.908. The number of carbonyl (C=O) groups is 1. The predicted octanol–water partition coefficient (Wildman–Crippen LogP) is 3.52. The molecule has 3 rings (SSSR count). The van der Waals surface area contributed by atoms with Crippen molar-refractivity contribution in [3.63, 3.8) is 0 Å². The van der Waals surface area contributed by atoms with Crippen LogP contribution in [0.5, 0.6) is 0 Å². The summed E-state index contributed by atoms with van der Waals surface area (Å²) >= 11 is 6.06. The van der Waals surface area contributed by atoms with Crippen molar-refractivity contribution in [1.29, 1.82) is 0 Å². The summed E-state index contributed by atoms with van der Waals surface area (Å²) in [6.07, 6.45) is 1.72. The van der Waals surface area contributed by atoms with Gasteiger partial charge in [-0.1, -0.05) is 17.7 Å². The fourth-order valence-corrected chi connectivity index (χ4v) is 3.13. The van der Waals surface area contributed by atoms with Crippen molar-refractivity contribution < 1.29 is 4.79 Å². The van der Waals surface area contributed by atoms with Crippen LogP contribution in [0.1, 0.15) is 24.3 Å². The lowest BCUT2D eigenvalue weighted by molar-refractivity contribution is 0.0741. The number of aromatic nitrogens is 1. The molecular formula is C19H23ClN4O. The highest BCUT2D eigenvalue weighted by atomic mass is 35.5. The second-order valence-electron chi connectivity index (χ2n) is 6.49. The van der Waals surface area contributed by atoms with E-state index in [2.05, 4.69) is 29.0 Å². The number of benzene rings is 1. The van der Waals surface area contributed by atoms with Crippen LogP contribution in [0.2, 0.25) is 5.02 Å². The Bertz CT molecular complexity index is 724. The van der Waals surface area contributed by atoms with Crippen LogP contribution in [0.3, 0.4) is 0 Å². The summed E-state index contributed by atoms with van der Waals surface area (Å²) in [7, 11) is 0. The molecule has 0 bridgehead atoms. The number of carbonyl (C=O) groups excluding carboxylic acids is 1. The minimum Gasteiger partial charge on any atom is -0.382 e. The SMILES string of the molecule is CC(C)Nc1ccc(C(=O)N2CCN(c3cccc(Cl)c3)CC2)nc1. The molecule has 2 aromatic rings. The highest BCUT2D eigenvalue weighted by Gasteiger charge is 2.23. The average Bonchev–Trinajstić information content (AvgIpc) is 2.61. The van der Waals surface area contributed by atoms with E-state index in [1.54, 1.807) is 12.3 Å². The maximum Gasteiger partial charge on any atom is 0.272 e. The van der Waals surface area contributed by atoms with Crippen molar-refractivity contribution in [2.24, 2.45) is 0 Å². The van der Waals surface area contributed by atoms with E-state index < -0.39 is 0 Å². The fourth-order valence-electron chi connectivity index (χ4n) is 2.94. The molecule has 1 saturated heterocycles. The van der Waals surface area contributed by atoms with Crippen LogP contribution >= 0.6 is 11.6 Å². The molecule has 0 saturated carbocycles. The molecule has 1 amide bonds. The van der Waals surface area contributed by atoms with Gasteiger partial charge in [-0.05, 0) is 44.2 Å². The molecule has 1 aliphatic rings. The fraction of sp³-hybridized carbons (Fsp3) is 0.368. The molecule has 132 valence electrons. The minimum absolute atomic E-state index is 0.0122. The van der Waals surface area contributed by atoms with Crippen LogP contribution in [0.15, 0.2) is 42.6 Å². The average molecular weight is 359 g/mol. The lowest BCUT2D eigenvalue weighted by Crippen LogP contribution is -2.49. The smallest absolute Gasteiger partial charge is 0.272 e. The predicted molar refractivity (Wildman–Crippen MR) is 103 cm³/mol. The van der Waals surface area contributed by atoms with Gasteiger partial charge in [-0.2, -0.15) is 0 Å². The number of amides is 1. The molecule has 6 heteroatoms. The Labute approximate surface area is 153 Å². The maximum atomic E-state index is 12.6. The Balaban J connectivity index is 1.59. The maximum absolute atomic E-state index is 12.6. The molecule has 1 N–H and O–H groups in total. The van der Waals surface area contributed by atoms with E-state index in [1.165, 1.54) is 0 Å². The molecule has 1 aliphatic heterocycles. The van der Waals surface area contributed by atoms with Crippen LogP contribution in [0, 0.1) is 0 Å². The lowest BCUT2D eigenvalue weighted by atomic mass is 10.2. The third kappa shape index (κ3) is 4.42. The first kappa shape index (κ1) is 17.5. The second-order valence-corrected chi connectivity index (χ2v) is 6.93. The van der Waals surface area contributed by atoms with E-state index >= 15 is 0 Å². The van der Waals surface area contributed by atoms with Gasteiger partial charge in [0.15, 0.2) is 0 Å². The first-order valence-corrected chi connectivity index (χ1v) is 8.93. The number of nitrogens with one attached hydrogen (secondary N) is 1. The summed E-state index contributed by atoms with van der Waals surface area (Å²) in [5.74, 6) is -0.0122. The van der Waals surface area contributed by atoms with Crippen molar-refractivity contribution in [3.05, 3.63) is 53.3 Å². The molecule has 1 fully saturated rings. The number of hydrogen-bond donors (Lipinski definition) is 1. The molecule has 0 spiro atoms. The summed E-state index contributed by atoms with van der Waals surface area (Å²) in [4.78, 5) is 21.1. The molecule has 5 nitrogen and oxygen atoms in total. The van der Waals surface area contributed by atoms with Gasteiger partial charge in [-0.15, -0.1) is 0 Å². The molecule has 1 aromatic heterocycles. The summed E-state index contributed by atoms with van der Waals surface area (Å²) in [6, 6.07) is 11.9. The van der Waals surface area contributed by atoms with Gasteiger partial charge < -0.3 is 15.1 Å². The Morgan fingerprint density at radius 3 is 2.52 bits per heavy atom. The molecule has 0 aliphatic carbocycles. The molecule has 1 aromatic carbocycles. The highest BCUT2D eigenvalue weighted by molar-refractivity contribution is 6.30. The Kier molecular flexibility index (Phi) is 5.43. The van der Waals surface area contributed by atoms with Gasteiger partial charge in [0, 0.05) is 42.9 Å². The minimum atomic E-state index is -0.0122. The number of hydrogen-bond acceptors (Lipinski definition) is 4. The van der Waals surface area contributed by atoms with Gasteiger partial charge in [0.25, 0.3) is 5.91 Å². The van der Waals surface area contributed by atoms with Gasteiger partial charge in [0.1, 0.15) is 5.69 Å². The molecule has 0 radical (unpaired) electrons. The van der Waals surface area contributed by atoms with Crippen LogP contribution in [-0.4, -0.2) is 48.0 Å². The van der Waals surface area contributed by atoms with Gasteiger partial charge in [-0.3, -0.25) is 4.79 Å². The van der Waals surface area contributed by atoms with E-state index in [0.29, 0.717) is 24.8 Å². The molecule has 2 heterocycles. The number of anilines is 2. The highest BCUT2D eigenvalue weighted by Crippen LogP contribution is 2.21. The largest absolute Gasteiger partial charge is 0.382 e. The van der Waals surface area contributed by atoms with Gasteiger partial charge in [0.05, 0.1) is 11.9 Å². The van der Waals surface area contributed by atoms with E-state index in [1.807, 2.05) is 35.2 Å². The molecule has 0 atom stereocenters. The number of piperazine rings is 1. The van der Waals surface area contributed by atoms with Gasteiger partial charge >= 0.3 is 0 Å². The number of nitrogens with zero attached hydrogens (tertiary/aromatic N) is 3. The third-order valence-electron chi connectivity index (χ3n) is 4.18. The Morgan fingerprint density at radius 2 is 1.92 bits per heavy atom. The zero-order valence-electron chi connectivity index (χ0n) is 14.6. The van der Waals surface area contributed by atoms with Crippen molar-refractivity contribution in [2.45, 2.75) is 19.9 Å². The van der Waals surface area contributed by atoms with Crippen LogP contribution < -0.4 is 10.2 Å². The zero-order valence-corrected chi connectivity index (χ0v) is 15.3. The van der Waals surface area contributed by atoms with E-state index in [9.17, 15) is 4.79 Å². The summed E-state index contributed by atoms with van der Waals surface area (Å²) < 4.78 is 0. The van der Waals surface area contributed by atoms with E-state index in [0.717, 1.165) is 29.5 Å². The monoisotopic (exact) mass is 358 g/mol. The van der Waals surface area contributed by atoms with E-state index in [-0.39, 0.29) is 5.91 Å². The second kappa shape index (κ2) is 7.74. The Hall–Kier alpha value is -2.27. The van der Waals surface area contributed by atoms with Crippen molar-refractivity contribution in [2.75, 3.05) is 36.4 Å². The first-order chi connectivity index (χ1) is 12.0. The summed E-state index contributed by atoms with van der Waals surface area (Å²) in [5, 5.41) is 4.01. The topological polar surface area (TPSA) is 48.5 Å². The zero-order chi connectivity index (χ0) is 17.8. The van der Waals surface area contributed by atoms with Crippen LogP contribution in [-0.2, 0) is 0 Å². The number of rotatable bonds is 4. The summed E-state index contributed by atoms with van der Waals surface area (Å²) in [6.45, 7) is 7.08. The lowest BCUT2D eigenvalue weighted by Gasteiger charge is -2.36. The molecular weight excluding hydrogens is 336 g/mol. The van der Waals surface area contributed by atoms with Crippen molar-refractivity contribution >= 4 is 28.9 Å². The first-order valence-electron chi connectivity index (χ1n) is 8.55. The normalized spacial score (nSPS) is 14.7. The number of halogens is 1. The third-order valence-corrected chi connectivity index (χ3v) is 4.41. The van der Waals surface area contributed by atoms with Crippen molar-refractivity contribution in [1.82, 2.24) is 9.88 Å². The van der Waals surface area contributed by atoms with E-state index in [4.69, 9.17) is 11.6 Å². The molecule has 25 heavy (non-hydrogen) atoms. The van der Waals surface area contributed by atoms with Crippen LogP contribution in [0.25, 0.3) is 0 Å². The van der Waals surface area contributed by atoms with Gasteiger partial charge in [0.2, 0.25) is 0 Å². The van der Waals surface area contributed by atoms with Crippen LogP contribution in [0.4, 0.5) is 11.4 Å². The standard InChI is InChI=1S/C19H23ClN4O/c1-14(2)22-16-6-7-18(21-13-16)19(25)24-10-8-23(9-11-24)17-5-3-4-15(20)12-17/h3-7,12-14,22H,8-11H2,1-2H3. The Morgan fingerprint density at radius 1 is 1.16 bits per heavy atom.